The van der Waals surface area contributed by atoms with Crippen LogP contribution in [0.3, 0.4) is 0 Å². The van der Waals surface area contributed by atoms with Crippen molar-refractivity contribution in [2.45, 2.75) is 39.8 Å². The number of nitrogens with one attached hydrogen (secondary N) is 1. The van der Waals surface area contributed by atoms with Crippen molar-refractivity contribution >= 4 is 0 Å². The molecule has 0 fully saturated rings. The molecule has 0 aromatic carbocycles. The van der Waals surface area contributed by atoms with Crippen molar-refractivity contribution < 1.29 is 5.11 Å². The molecule has 0 aliphatic rings. The van der Waals surface area contributed by atoms with Crippen molar-refractivity contribution in [3.8, 4) is 0 Å². The second-order valence-electron chi connectivity index (χ2n) is 4.55. The molecular formula is C12H23N3O. The molecule has 1 aromatic rings. The number of aliphatic hydroxyl groups is 1. The summed E-state index contributed by atoms with van der Waals surface area (Å²) in [6.07, 6.45) is 4.74. The van der Waals surface area contributed by atoms with Crippen LogP contribution >= 0.6 is 0 Å². The van der Waals surface area contributed by atoms with Gasteiger partial charge in [0.15, 0.2) is 0 Å². The fourth-order valence-corrected chi connectivity index (χ4v) is 1.69. The third-order valence-electron chi connectivity index (χ3n) is 2.52. The molecule has 1 unspecified atom stereocenters. The highest BCUT2D eigenvalue weighted by Crippen LogP contribution is 2.12. The molecular weight excluding hydrogens is 202 g/mol. The second-order valence-corrected chi connectivity index (χ2v) is 4.55. The molecule has 0 aliphatic carbocycles. The maximum atomic E-state index is 9.40. The minimum absolute atomic E-state index is 0.00329. The van der Waals surface area contributed by atoms with Crippen molar-refractivity contribution in [2.75, 3.05) is 13.2 Å². The Balaban J connectivity index is 2.66. The lowest BCUT2D eigenvalue weighted by atomic mass is 10.1. The number of hydrogen-bond donors (Lipinski definition) is 2. The lowest BCUT2D eigenvalue weighted by Gasteiger charge is -2.19. The average Bonchev–Trinajstić information content (AvgIpc) is 2.68. The van der Waals surface area contributed by atoms with Gasteiger partial charge in [-0.25, -0.2) is 4.98 Å². The molecule has 0 saturated carbocycles. The van der Waals surface area contributed by atoms with E-state index in [1.807, 2.05) is 12.5 Å². The minimum atomic E-state index is -0.00329. The lowest BCUT2D eigenvalue weighted by molar-refractivity contribution is 0.235. The van der Waals surface area contributed by atoms with Gasteiger partial charge < -0.3 is 15.0 Å². The normalized spacial score (nSPS) is 13.3. The van der Waals surface area contributed by atoms with Gasteiger partial charge in [-0.05, 0) is 18.9 Å². The monoisotopic (exact) mass is 225 g/mol. The third-order valence-corrected chi connectivity index (χ3v) is 2.52. The molecule has 1 heterocycles. The van der Waals surface area contributed by atoms with Crippen molar-refractivity contribution in [3.63, 3.8) is 0 Å². The molecule has 4 heteroatoms. The van der Waals surface area contributed by atoms with E-state index in [0.717, 1.165) is 25.2 Å². The van der Waals surface area contributed by atoms with E-state index in [-0.39, 0.29) is 12.6 Å². The number of rotatable bonds is 7. The van der Waals surface area contributed by atoms with E-state index in [4.69, 9.17) is 0 Å². The van der Waals surface area contributed by atoms with Gasteiger partial charge in [0, 0.05) is 12.7 Å². The molecule has 2 N–H and O–H groups in total. The van der Waals surface area contributed by atoms with E-state index >= 15 is 0 Å². The molecule has 0 spiro atoms. The quantitative estimate of drug-likeness (QED) is 0.740. The zero-order valence-electron chi connectivity index (χ0n) is 10.5. The number of aliphatic hydroxyl groups excluding tert-OH is 1. The SMILES string of the molecule is CCCn1cncc1C(CO)NCC(C)C. The van der Waals surface area contributed by atoms with Crippen molar-refractivity contribution in [3.05, 3.63) is 18.2 Å². The number of aryl methyl sites for hydroxylation is 1. The average molecular weight is 225 g/mol. The van der Waals surface area contributed by atoms with Gasteiger partial charge in [0.25, 0.3) is 0 Å². The van der Waals surface area contributed by atoms with Gasteiger partial charge >= 0.3 is 0 Å². The van der Waals surface area contributed by atoms with Crippen LogP contribution in [0.25, 0.3) is 0 Å². The molecule has 0 bridgehead atoms. The summed E-state index contributed by atoms with van der Waals surface area (Å²) in [6.45, 7) is 8.43. The van der Waals surface area contributed by atoms with Crippen molar-refractivity contribution in [2.24, 2.45) is 5.92 Å². The highest BCUT2D eigenvalue weighted by molar-refractivity contribution is 5.05. The topological polar surface area (TPSA) is 50.1 Å². The Hall–Kier alpha value is -0.870. The minimum Gasteiger partial charge on any atom is -0.394 e. The highest BCUT2D eigenvalue weighted by Gasteiger charge is 2.14. The van der Waals surface area contributed by atoms with Crippen LogP contribution in [-0.2, 0) is 6.54 Å². The second kappa shape index (κ2) is 6.66. The third kappa shape index (κ3) is 3.61. The molecule has 16 heavy (non-hydrogen) atoms. The predicted molar refractivity (Wildman–Crippen MR) is 65.2 cm³/mol. The first-order chi connectivity index (χ1) is 7.69. The number of aromatic nitrogens is 2. The van der Waals surface area contributed by atoms with Gasteiger partial charge in [0.1, 0.15) is 0 Å². The van der Waals surface area contributed by atoms with Gasteiger partial charge in [-0.3, -0.25) is 0 Å². The van der Waals surface area contributed by atoms with Crippen LogP contribution in [0.15, 0.2) is 12.5 Å². The van der Waals surface area contributed by atoms with Crippen LogP contribution in [0.4, 0.5) is 0 Å². The summed E-state index contributed by atoms with van der Waals surface area (Å²) in [7, 11) is 0. The Labute approximate surface area is 97.7 Å². The standard InChI is InChI=1S/C12H23N3O/c1-4-5-15-9-13-7-12(15)11(8-16)14-6-10(2)3/h7,9-11,14,16H,4-6,8H2,1-3H3. The van der Waals surface area contributed by atoms with Crippen LogP contribution in [0.2, 0.25) is 0 Å². The van der Waals surface area contributed by atoms with E-state index in [1.54, 1.807) is 0 Å². The summed E-state index contributed by atoms with van der Waals surface area (Å²) in [4.78, 5) is 4.15. The maximum absolute atomic E-state index is 9.40. The van der Waals surface area contributed by atoms with E-state index in [0.29, 0.717) is 5.92 Å². The van der Waals surface area contributed by atoms with Crippen LogP contribution in [0.5, 0.6) is 0 Å². The van der Waals surface area contributed by atoms with Gasteiger partial charge in [-0.1, -0.05) is 20.8 Å². The summed E-state index contributed by atoms with van der Waals surface area (Å²) in [5.74, 6) is 0.580. The van der Waals surface area contributed by atoms with Crippen molar-refractivity contribution in [1.29, 1.82) is 0 Å². The Morgan fingerprint density at radius 2 is 2.25 bits per heavy atom. The number of hydrogen-bond acceptors (Lipinski definition) is 3. The van der Waals surface area contributed by atoms with Gasteiger partial charge in [0.2, 0.25) is 0 Å². The van der Waals surface area contributed by atoms with Gasteiger partial charge in [0.05, 0.1) is 24.7 Å². The Bertz CT molecular complexity index is 296. The first-order valence-corrected chi connectivity index (χ1v) is 6.03. The molecule has 4 nitrogen and oxygen atoms in total. The number of nitrogens with zero attached hydrogens (tertiary/aromatic N) is 2. The predicted octanol–water partition coefficient (Wildman–Crippen LogP) is 1.57. The van der Waals surface area contributed by atoms with Crippen LogP contribution in [0, 0.1) is 5.92 Å². The fraction of sp³-hybridized carbons (Fsp3) is 0.750. The largest absolute Gasteiger partial charge is 0.394 e. The summed E-state index contributed by atoms with van der Waals surface area (Å²) in [5, 5.41) is 12.8. The first kappa shape index (κ1) is 13.2. The van der Waals surface area contributed by atoms with E-state index in [2.05, 4.69) is 35.6 Å². The van der Waals surface area contributed by atoms with Gasteiger partial charge in [-0.15, -0.1) is 0 Å². The smallest absolute Gasteiger partial charge is 0.0948 e. The van der Waals surface area contributed by atoms with E-state index in [1.165, 1.54) is 0 Å². The maximum Gasteiger partial charge on any atom is 0.0948 e. The molecule has 1 rings (SSSR count). The summed E-state index contributed by atoms with van der Waals surface area (Å²) in [5.41, 5.74) is 1.07. The fourth-order valence-electron chi connectivity index (χ4n) is 1.69. The number of imidazole rings is 1. The summed E-state index contributed by atoms with van der Waals surface area (Å²) >= 11 is 0. The van der Waals surface area contributed by atoms with E-state index in [9.17, 15) is 5.11 Å². The van der Waals surface area contributed by atoms with E-state index < -0.39 is 0 Å². The summed E-state index contributed by atoms with van der Waals surface area (Å²) < 4.78 is 2.11. The Morgan fingerprint density at radius 3 is 2.81 bits per heavy atom. The first-order valence-electron chi connectivity index (χ1n) is 6.03. The molecule has 92 valence electrons. The molecule has 0 amide bonds. The zero-order valence-corrected chi connectivity index (χ0v) is 10.5. The molecule has 0 radical (unpaired) electrons. The lowest BCUT2D eigenvalue weighted by Crippen LogP contribution is -2.29. The highest BCUT2D eigenvalue weighted by atomic mass is 16.3. The zero-order chi connectivity index (χ0) is 12.0. The summed E-state index contributed by atoms with van der Waals surface area (Å²) in [6, 6.07) is -0.00329. The Morgan fingerprint density at radius 1 is 1.50 bits per heavy atom. The van der Waals surface area contributed by atoms with Crippen LogP contribution in [0.1, 0.15) is 38.9 Å². The molecule has 0 aliphatic heterocycles. The van der Waals surface area contributed by atoms with Gasteiger partial charge in [-0.2, -0.15) is 0 Å². The van der Waals surface area contributed by atoms with Crippen LogP contribution in [-0.4, -0.2) is 27.8 Å². The van der Waals surface area contributed by atoms with Crippen molar-refractivity contribution in [1.82, 2.24) is 14.9 Å². The molecule has 1 aromatic heterocycles. The molecule has 1 atom stereocenters. The Kier molecular flexibility index (Phi) is 5.49. The van der Waals surface area contributed by atoms with Crippen LogP contribution < -0.4 is 5.32 Å². The molecule has 0 saturated heterocycles.